The van der Waals surface area contributed by atoms with Gasteiger partial charge in [-0.15, -0.1) is 0 Å². The highest BCUT2D eigenvalue weighted by molar-refractivity contribution is 5.85. The fourth-order valence-electron chi connectivity index (χ4n) is 6.07. The van der Waals surface area contributed by atoms with E-state index in [-0.39, 0.29) is 18.9 Å². The zero-order valence-electron chi connectivity index (χ0n) is 26.1. The molecule has 7 nitrogen and oxygen atoms in total. The summed E-state index contributed by atoms with van der Waals surface area (Å²) in [5.41, 5.74) is 4.42. The summed E-state index contributed by atoms with van der Waals surface area (Å²) in [6.45, 7) is 4.46. The summed E-state index contributed by atoms with van der Waals surface area (Å²) >= 11 is 0. The lowest BCUT2D eigenvalue weighted by molar-refractivity contribution is -0.140. The molecular formula is C38H42N2O5. The Labute approximate surface area is 265 Å². The smallest absolute Gasteiger partial charge is 0.326 e. The number of esters is 1. The molecule has 7 heteroatoms. The first kappa shape index (κ1) is 31.8. The minimum absolute atomic E-state index is 0.0991. The van der Waals surface area contributed by atoms with Gasteiger partial charge in [0.05, 0.1) is 5.92 Å². The van der Waals surface area contributed by atoms with Gasteiger partial charge in [-0.1, -0.05) is 92.7 Å². The number of benzene rings is 4. The summed E-state index contributed by atoms with van der Waals surface area (Å²) in [5.74, 6) is -1.49. The van der Waals surface area contributed by atoms with Gasteiger partial charge in [0.2, 0.25) is 0 Å². The van der Waals surface area contributed by atoms with Crippen LogP contribution in [0.15, 0.2) is 91.0 Å². The number of nitrogens with zero attached hydrogens (tertiary/aromatic N) is 1. The molecule has 0 unspecified atom stereocenters. The Bertz CT molecular complexity index is 1630. The lowest BCUT2D eigenvalue weighted by Crippen LogP contribution is -2.51. The van der Waals surface area contributed by atoms with Crippen LogP contribution in [0, 0.1) is 11.8 Å². The van der Waals surface area contributed by atoms with Gasteiger partial charge >= 0.3 is 18.0 Å². The van der Waals surface area contributed by atoms with Crippen molar-refractivity contribution in [1.29, 1.82) is 0 Å². The van der Waals surface area contributed by atoms with Gasteiger partial charge in [-0.05, 0) is 83.2 Å². The van der Waals surface area contributed by atoms with Crippen molar-refractivity contribution < 1.29 is 24.2 Å². The molecule has 5 rings (SSSR count). The lowest BCUT2D eigenvalue weighted by Gasteiger charge is -2.30. The second kappa shape index (κ2) is 14.9. The second-order valence-electron chi connectivity index (χ2n) is 12.5. The summed E-state index contributed by atoms with van der Waals surface area (Å²) in [6.07, 6.45) is 4.38. The number of ether oxygens (including phenoxy) is 1. The van der Waals surface area contributed by atoms with Gasteiger partial charge in [0.1, 0.15) is 11.8 Å². The Balaban J connectivity index is 1.32. The van der Waals surface area contributed by atoms with Gasteiger partial charge < -0.3 is 20.1 Å². The number of carbonyl (C=O) groups is 3. The maximum absolute atomic E-state index is 13.7. The van der Waals surface area contributed by atoms with Crippen LogP contribution >= 0.6 is 0 Å². The van der Waals surface area contributed by atoms with Crippen molar-refractivity contribution in [3.8, 4) is 5.75 Å². The fourth-order valence-corrected chi connectivity index (χ4v) is 6.07. The van der Waals surface area contributed by atoms with E-state index in [1.165, 1.54) is 11.1 Å². The molecule has 1 aliphatic rings. The number of nitrogens with one attached hydrogen (secondary N) is 1. The van der Waals surface area contributed by atoms with E-state index in [1.54, 1.807) is 4.90 Å². The molecule has 4 aromatic carbocycles. The van der Waals surface area contributed by atoms with Crippen molar-refractivity contribution in [1.82, 2.24) is 10.2 Å². The lowest BCUT2D eigenvalue weighted by atomic mass is 9.98. The molecule has 0 aliphatic heterocycles. The van der Waals surface area contributed by atoms with E-state index in [9.17, 15) is 19.5 Å². The minimum atomic E-state index is -1.13. The van der Waals surface area contributed by atoms with Gasteiger partial charge in [-0.25, -0.2) is 9.59 Å². The number of aryl methyl sites for hydroxylation is 3. The third-order valence-electron chi connectivity index (χ3n) is 8.41. The predicted octanol–water partition coefficient (Wildman–Crippen LogP) is 6.85. The number of amides is 2. The summed E-state index contributed by atoms with van der Waals surface area (Å²) in [7, 11) is 0. The van der Waals surface area contributed by atoms with E-state index in [0.717, 1.165) is 41.2 Å². The van der Waals surface area contributed by atoms with Crippen molar-refractivity contribution in [3.05, 3.63) is 113 Å². The van der Waals surface area contributed by atoms with Gasteiger partial charge in [0, 0.05) is 19.5 Å². The van der Waals surface area contributed by atoms with Gasteiger partial charge in [-0.2, -0.15) is 0 Å². The predicted molar refractivity (Wildman–Crippen MR) is 176 cm³/mol. The maximum atomic E-state index is 13.7. The number of carbonyl (C=O) groups excluding carboxylic acids is 2. The Morgan fingerprint density at radius 1 is 0.822 bits per heavy atom. The quantitative estimate of drug-likeness (QED) is 0.128. The first-order valence-electron chi connectivity index (χ1n) is 15.9. The molecule has 234 valence electrons. The molecule has 4 aromatic rings. The number of rotatable bonds is 13. The van der Waals surface area contributed by atoms with Crippen LogP contribution in [-0.2, 0) is 35.3 Å². The molecular weight excluding hydrogens is 564 g/mol. The molecule has 0 heterocycles. The zero-order valence-corrected chi connectivity index (χ0v) is 26.1. The first-order valence-corrected chi connectivity index (χ1v) is 15.9. The van der Waals surface area contributed by atoms with Crippen LogP contribution in [0.1, 0.15) is 48.9 Å². The molecule has 0 spiro atoms. The third-order valence-corrected chi connectivity index (χ3v) is 8.41. The second-order valence-corrected chi connectivity index (χ2v) is 12.5. The van der Waals surface area contributed by atoms with Crippen LogP contribution in [0.5, 0.6) is 5.75 Å². The SMILES string of the molecule is CC(C)CN(C[C@H](CCc1ccccc1)C(=O)Oc1ccc2c(c1)CCC2)C(=O)N[C@@H](Cc1ccc2ccccc2c1)C(=O)O. The molecule has 2 amide bonds. The van der Waals surface area contributed by atoms with E-state index >= 15 is 0 Å². The van der Waals surface area contributed by atoms with Crippen LogP contribution in [0.25, 0.3) is 10.8 Å². The molecule has 45 heavy (non-hydrogen) atoms. The number of hydrogen-bond donors (Lipinski definition) is 2. The number of urea groups is 1. The minimum Gasteiger partial charge on any atom is -0.480 e. The van der Waals surface area contributed by atoms with Crippen LogP contribution in [0.3, 0.4) is 0 Å². The standard InChI is InChI=1S/C38H42N2O5/c1-26(2)24-40(38(44)39-35(36(41)42)22-28-16-17-29-11-6-7-12-31(29)21-28)25-33(18-15-27-9-4-3-5-10-27)37(43)45-34-20-19-30-13-8-14-32(30)23-34/h3-7,9-12,16-17,19-21,23,26,33,35H,8,13-15,18,22,24-25H2,1-2H3,(H,39,44)(H,41,42)/t33-,35-/m0/s1. The highest BCUT2D eigenvalue weighted by Crippen LogP contribution is 2.27. The Morgan fingerprint density at radius 2 is 1.56 bits per heavy atom. The van der Waals surface area contributed by atoms with Gasteiger partial charge in [0.15, 0.2) is 0 Å². The number of hydrogen-bond acceptors (Lipinski definition) is 4. The van der Waals surface area contributed by atoms with Crippen molar-refractivity contribution in [2.24, 2.45) is 11.8 Å². The Kier molecular flexibility index (Phi) is 10.5. The third kappa shape index (κ3) is 8.72. The average molecular weight is 607 g/mol. The number of aliphatic carboxylic acids is 1. The van der Waals surface area contributed by atoms with Crippen molar-refractivity contribution in [3.63, 3.8) is 0 Å². The molecule has 0 fully saturated rings. The summed E-state index contributed by atoms with van der Waals surface area (Å²) in [6, 6.07) is 27.8. The molecule has 0 saturated heterocycles. The molecule has 1 aliphatic carbocycles. The normalized spacial score (nSPS) is 13.7. The van der Waals surface area contributed by atoms with Gasteiger partial charge in [0.25, 0.3) is 0 Å². The molecule has 0 aromatic heterocycles. The summed E-state index contributed by atoms with van der Waals surface area (Å²) < 4.78 is 5.92. The number of fused-ring (bicyclic) bond motifs is 2. The highest BCUT2D eigenvalue weighted by atomic mass is 16.5. The first-order chi connectivity index (χ1) is 21.7. The summed E-state index contributed by atoms with van der Waals surface area (Å²) in [4.78, 5) is 41.3. The largest absolute Gasteiger partial charge is 0.480 e. The van der Waals surface area contributed by atoms with E-state index in [4.69, 9.17) is 4.74 Å². The van der Waals surface area contributed by atoms with Crippen molar-refractivity contribution in [2.75, 3.05) is 13.1 Å². The van der Waals surface area contributed by atoms with E-state index in [0.29, 0.717) is 25.1 Å². The fraction of sp³-hybridized carbons (Fsp3) is 0.342. The molecule has 2 N–H and O–H groups in total. The van der Waals surface area contributed by atoms with E-state index in [2.05, 4.69) is 5.32 Å². The molecule has 0 radical (unpaired) electrons. The Hall–Kier alpha value is -4.65. The molecule has 2 atom stereocenters. The Morgan fingerprint density at radius 3 is 2.31 bits per heavy atom. The average Bonchev–Trinajstić information content (AvgIpc) is 3.50. The maximum Gasteiger partial charge on any atom is 0.326 e. The van der Waals surface area contributed by atoms with Crippen molar-refractivity contribution in [2.45, 2.75) is 58.4 Å². The van der Waals surface area contributed by atoms with Crippen LogP contribution in [-0.4, -0.2) is 47.1 Å². The van der Waals surface area contributed by atoms with E-state index < -0.39 is 29.9 Å². The topological polar surface area (TPSA) is 95.9 Å². The number of carboxylic acid groups (broad SMARTS) is 1. The monoisotopic (exact) mass is 606 g/mol. The molecule has 0 saturated carbocycles. The van der Waals surface area contributed by atoms with E-state index in [1.807, 2.05) is 105 Å². The highest BCUT2D eigenvalue weighted by Gasteiger charge is 2.30. The van der Waals surface area contributed by atoms with Gasteiger partial charge in [-0.3, -0.25) is 4.79 Å². The summed E-state index contributed by atoms with van der Waals surface area (Å²) in [5, 5.41) is 14.9. The molecule has 0 bridgehead atoms. The zero-order chi connectivity index (χ0) is 31.8. The van der Waals surface area contributed by atoms with Crippen LogP contribution in [0.4, 0.5) is 4.79 Å². The van der Waals surface area contributed by atoms with Crippen LogP contribution in [0.2, 0.25) is 0 Å². The number of carboxylic acids is 1. The van der Waals surface area contributed by atoms with Crippen molar-refractivity contribution >= 4 is 28.7 Å². The van der Waals surface area contributed by atoms with Crippen LogP contribution < -0.4 is 10.1 Å².